The highest BCUT2D eigenvalue weighted by Gasteiger charge is 2.28. The molecule has 206 valence electrons. The summed E-state index contributed by atoms with van der Waals surface area (Å²) in [5.74, 6) is -1.62. The van der Waals surface area contributed by atoms with Crippen molar-refractivity contribution in [2.45, 2.75) is 162 Å². The van der Waals surface area contributed by atoms with Crippen molar-refractivity contribution in [3.8, 4) is 0 Å². The number of carbonyl (C=O) groups is 2. The van der Waals surface area contributed by atoms with E-state index in [0.29, 0.717) is 5.41 Å². The maximum Gasteiger partial charge on any atom is 0.328 e. The van der Waals surface area contributed by atoms with E-state index < -0.39 is 21.7 Å². The Morgan fingerprint density at radius 1 is 0.629 bits per heavy atom. The Morgan fingerprint density at radius 2 is 1.03 bits per heavy atom. The van der Waals surface area contributed by atoms with Gasteiger partial charge in [0.15, 0.2) is 0 Å². The minimum absolute atomic E-state index is 0.507. The van der Waals surface area contributed by atoms with E-state index in [9.17, 15) is 9.59 Å². The Hall–Kier alpha value is -1.10. The van der Waals surface area contributed by atoms with Gasteiger partial charge in [-0.3, -0.25) is 0 Å². The smallest absolute Gasteiger partial charge is 0.328 e. The number of carbonyl (C=O) groups excluding carboxylic acids is 1. The molecule has 0 radical (unpaired) electrons. The van der Waals surface area contributed by atoms with Crippen LogP contribution in [0.1, 0.15) is 156 Å². The second-order valence-corrected chi connectivity index (χ2v) is 12.0. The average molecular weight is 511 g/mol. The van der Waals surface area contributed by atoms with Crippen molar-refractivity contribution in [1.82, 2.24) is 0 Å². The summed E-state index contributed by atoms with van der Waals surface area (Å²) in [7, 11) is -0.879. The molecular weight excluding hydrogens is 452 g/mol. The summed E-state index contributed by atoms with van der Waals surface area (Å²) in [6.45, 7) is 6.93. The zero-order valence-corrected chi connectivity index (χ0v) is 25.0. The first-order chi connectivity index (χ1) is 17.0. The molecule has 0 aromatic rings. The molecule has 0 heterocycles. The van der Waals surface area contributed by atoms with Gasteiger partial charge in [0.25, 0.3) is 0 Å². The lowest BCUT2D eigenvalue weighted by molar-refractivity contribution is -0.133. The topological polar surface area (TPSA) is 63.6 Å². The molecule has 0 aliphatic rings. The van der Waals surface area contributed by atoms with Crippen molar-refractivity contribution in [3.63, 3.8) is 0 Å². The summed E-state index contributed by atoms with van der Waals surface area (Å²) < 4.78 is 5.18. The Labute approximate surface area is 220 Å². The highest BCUT2D eigenvalue weighted by molar-refractivity contribution is 6.31. The predicted octanol–water partition coefficient (Wildman–Crippen LogP) is 8.91. The lowest BCUT2D eigenvalue weighted by Gasteiger charge is -2.35. The molecule has 0 aromatic heterocycles. The molecular formula is C30H58O4Si. The van der Waals surface area contributed by atoms with Crippen LogP contribution < -0.4 is 0 Å². The van der Waals surface area contributed by atoms with E-state index in [-0.39, 0.29) is 0 Å². The van der Waals surface area contributed by atoms with Crippen LogP contribution in [0.15, 0.2) is 12.2 Å². The first-order valence-corrected chi connectivity index (χ1v) is 16.6. The van der Waals surface area contributed by atoms with E-state index in [2.05, 4.69) is 20.8 Å². The number of carboxylic acids is 1. The third-order valence-electron chi connectivity index (χ3n) is 7.39. The molecule has 0 aromatic carbocycles. The maximum atomic E-state index is 11.4. The minimum atomic E-state index is -1.12. The summed E-state index contributed by atoms with van der Waals surface area (Å²) in [5.41, 5.74) is 0.583. The fourth-order valence-electron chi connectivity index (χ4n) is 5.20. The maximum absolute atomic E-state index is 11.4. The van der Waals surface area contributed by atoms with Gasteiger partial charge in [-0.15, -0.1) is 0 Å². The van der Waals surface area contributed by atoms with Crippen molar-refractivity contribution in [2.24, 2.45) is 5.41 Å². The molecule has 0 amide bonds. The van der Waals surface area contributed by atoms with Gasteiger partial charge in [0.05, 0.1) is 0 Å². The number of carboxylic acid groups (broad SMARTS) is 1. The molecule has 0 fully saturated rings. The van der Waals surface area contributed by atoms with Crippen LogP contribution in [0.5, 0.6) is 0 Å². The molecule has 0 aliphatic carbocycles. The van der Waals surface area contributed by atoms with Crippen LogP contribution in [0.2, 0.25) is 6.04 Å². The second-order valence-electron chi connectivity index (χ2n) is 10.6. The molecule has 0 bridgehead atoms. The number of hydrogen-bond donors (Lipinski definition) is 1. The van der Waals surface area contributed by atoms with Crippen LogP contribution in [-0.4, -0.2) is 26.8 Å². The number of rotatable bonds is 26. The first-order valence-electron chi connectivity index (χ1n) is 15.1. The van der Waals surface area contributed by atoms with Gasteiger partial charge >= 0.3 is 11.9 Å². The van der Waals surface area contributed by atoms with Crippen LogP contribution in [0, 0.1) is 5.41 Å². The van der Waals surface area contributed by atoms with E-state index in [1.807, 2.05) is 0 Å². The number of hydrogen-bond acceptors (Lipinski definition) is 3. The van der Waals surface area contributed by atoms with Crippen LogP contribution >= 0.6 is 0 Å². The third-order valence-corrected chi connectivity index (χ3v) is 8.67. The lowest BCUT2D eigenvalue weighted by atomic mass is 9.70. The highest BCUT2D eigenvalue weighted by Crippen LogP contribution is 2.42. The van der Waals surface area contributed by atoms with Crippen molar-refractivity contribution >= 4 is 21.7 Å². The zero-order chi connectivity index (χ0) is 26.0. The molecule has 4 nitrogen and oxygen atoms in total. The summed E-state index contributed by atoms with van der Waals surface area (Å²) in [6, 6.07) is 0.989. The third kappa shape index (κ3) is 21.9. The fraction of sp³-hybridized carbons (Fsp3) is 0.867. The zero-order valence-electron chi connectivity index (χ0n) is 23.6. The first kappa shape index (κ1) is 33.9. The monoisotopic (exact) mass is 510 g/mol. The van der Waals surface area contributed by atoms with Crippen LogP contribution in [0.3, 0.4) is 0 Å². The minimum Gasteiger partial charge on any atom is -0.522 e. The molecule has 0 saturated heterocycles. The second kappa shape index (κ2) is 24.6. The lowest BCUT2D eigenvalue weighted by Crippen LogP contribution is -2.21. The predicted molar refractivity (Wildman–Crippen MR) is 153 cm³/mol. The van der Waals surface area contributed by atoms with Crippen molar-refractivity contribution in [1.29, 1.82) is 0 Å². The Kier molecular flexibility index (Phi) is 23.8. The summed E-state index contributed by atoms with van der Waals surface area (Å²) in [4.78, 5) is 21.8. The average Bonchev–Trinajstić information content (AvgIpc) is 2.84. The van der Waals surface area contributed by atoms with Gasteiger partial charge in [-0.1, -0.05) is 130 Å². The summed E-state index contributed by atoms with van der Waals surface area (Å²) in [6.07, 6.45) is 30.5. The van der Waals surface area contributed by atoms with Gasteiger partial charge in [0.1, 0.15) is 0 Å². The Bertz CT molecular complexity index is 501. The quantitative estimate of drug-likeness (QED) is 0.0716. The van der Waals surface area contributed by atoms with Gasteiger partial charge < -0.3 is 9.53 Å². The van der Waals surface area contributed by atoms with Gasteiger partial charge in [-0.05, 0) is 37.1 Å². The molecule has 1 N–H and O–H groups in total. The van der Waals surface area contributed by atoms with Gasteiger partial charge in [0, 0.05) is 12.2 Å². The van der Waals surface area contributed by atoms with E-state index in [1.54, 1.807) is 0 Å². The van der Waals surface area contributed by atoms with Crippen LogP contribution in [-0.2, 0) is 14.0 Å². The molecule has 0 spiro atoms. The van der Waals surface area contributed by atoms with E-state index in [1.165, 1.54) is 128 Å². The molecule has 0 saturated carbocycles. The molecule has 0 aliphatic heterocycles. The Balaban J connectivity index is 4.43. The largest absolute Gasteiger partial charge is 0.522 e. The molecule has 35 heavy (non-hydrogen) atoms. The van der Waals surface area contributed by atoms with Crippen LogP contribution in [0.4, 0.5) is 0 Å². The fourth-order valence-corrected chi connectivity index (χ4v) is 6.20. The van der Waals surface area contributed by atoms with E-state index in [0.717, 1.165) is 24.6 Å². The van der Waals surface area contributed by atoms with E-state index >= 15 is 0 Å². The molecule has 0 unspecified atom stereocenters. The van der Waals surface area contributed by atoms with E-state index in [4.69, 9.17) is 9.53 Å². The van der Waals surface area contributed by atoms with Gasteiger partial charge in [-0.2, -0.15) is 0 Å². The Morgan fingerprint density at radius 3 is 1.46 bits per heavy atom. The van der Waals surface area contributed by atoms with Gasteiger partial charge in [0.2, 0.25) is 9.76 Å². The number of aliphatic carboxylic acids is 1. The normalized spacial score (nSPS) is 12.2. The molecule has 0 rings (SSSR count). The number of unbranched alkanes of at least 4 members (excludes halogenated alkanes) is 13. The summed E-state index contributed by atoms with van der Waals surface area (Å²) >= 11 is 0. The van der Waals surface area contributed by atoms with Gasteiger partial charge in [-0.25, -0.2) is 9.59 Å². The van der Waals surface area contributed by atoms with Crippen molar-refractivity contribution < 1.29 is 19.1 Å². The molecule has 0 atom stereocenters. The van der Waals surface area contributed by atoms with Crippen molar-refractivity contribution in [3.05, 3.63) is 12.2 Å². The summed E-state index contributed by atoms with van der Waals surface area (Å²) in [5, 5.41) is 8.53. The highest BCUT2D eigenvalue weighted by atomic mass is 28.2. The standard InChI is InChI=1S/C30H58O4Si/c1-4-7-10-16-23-30(24-17-11-8-5-2,25-18-12-9-6-3)26-19-14-13-15-20-27-35-34-29(33)22-21-28(31)32/h21-22H,4-20,23-27,35H2,1-3H3,(H,31,32)/b22-21-. The van der Waals surface area contributed by atoms with Crippen molar-refractivity contribution in [2.75, 3.05) is 0 Å². The SMILES string of the molecule is CCCCCCC(CCCCCC)(CCCCCC)CCCCCCC[SiH2]OC(=O)/C=C\C(=O)O. The van der Waals surface area contributed by atoms with Crippen LogP contribution in [0.25, 0.3) is 0 Å². The molecule has 5 heteroatoms.